The zero-order chi connectivity index (χ0) is 47.4. The first kappa shape index (κ1) is 43.2. The summed E-state index contributed by atoms with van der Waals surface area (Å²) in [5.41, 5.74) is 18.1. The fraction of sp³-hybridized carbons (Fsp3) is 0.194. The van der Waals surface area contributed by atoms with Crippen LogP contribution >= 0.6 is 0 Å². The molecular formula is C67H60N4. The molecule has 0 aliphatic heterocycles. The Morgan fingerprint density at radius 1 is 0.493 bits per heavy atom. The van der Waals surface area contributed by atoms with Crippen molar-refractivity contribution < 1.29 is 0 Å². The molecule has 2 aliphatic rings. The first-order valence-electron chi connectivity index (χ1n) is 26.2. The molecule has 2 saturated carbocycles. The smallest absolute Gasteiger partial charge is 0.0620 e. The third kappa shape index (κ3) is 7.60. The van der Waals surface area contributed by atoms with Crippen LogP contribution in [0.4, 0.5) is 28.4 Å². The molecule has 3 heterocycles. The summed E-state index contributed by atoms with van der Waals surface area (Å²) in [6.07, 6.45) is 19.7. The van der Waals surface area contributed by atoms with E-state index in [1.807, 2.05) is 6.08 Å². The summed E-state index contributed by atoms with van der Waals surface area (Å²) in [5.74, 6) is 1.34. The molecule has 0 unspecified atom stereocenters. The minimum Gasteiger partial charge on any atom is -0.354 e. The first-order chi connectivity index (χ1) is 35.1. The van der Waals surface area contributed by atoms with Gasteiger partial charge < -0.3 is 19.2 Å². The lowest BCUT2D eigenvalue weighted by atomic mass is 9.84. The largest absolute Gasteiger partial charge is 0.354 e. The Labute approximate surface area is 417 Å². The van der Waals surface area contributed by atoms with Crippen LogP contribution < -0.4 is 9.80 Å². The summed E-state index contributed by atoms with van der Waals surface area (Å²) in [6.45, 7) is 6.56. The third-order valence-electron chi connectivity index (χ3n) is 16.2. The molecule has 11 aromatic rings. The molecular weight excluding hydrogens is 861 g/mol. The van der Waals surface area contributed by atoms with E-state index in [-0.39, 0.29) is 0 Å². The summed E-state index contributed by atoms with van der Waals surface area (Å²) in [6, 6.07) is 65.7. The van der Waals surface area contributed by atoms with Gasteiger partial charge in [0.15, 0.2) is 0 Å². The molecule has 2 aliphatic carbocycles. The Bertz CT molecular complexity index is 3780. The van der Waals surface area contributed by atoms with Crippen LogP contribution in [0.5, 0.6) is 0 Å². The van der Waals surface area contributed by atoms with Gasteiger partial charge in [0, 0.05) is 77.5 Å². The molecule has 0 bridgehead atoms. The maximum Gasteiger partial charge on any atom is 0.0620 e. The average Bonchev–Trinajstić information content (AvgIpc) is 4.09. The van der Waals surface area contributed by atoms with Gasteiger partial charge in [-0.1, -0.05) is 154 Å². The lowest BCUT2D eigenvalue weighted by Crippen LogP contribution is -2.15. The van der Waals surface area contributed by atoms with Gasteiger partial charge in [0.1, 0.15) is 0 Å². The number of rotatable bonds is 11. The Balaban J connectivity index is 0.900. The second-order valence-electron chi connectivity index (χ2n) is 20.3. The van der Waals surface area contributed by atoms with Crippen LogP contribution in [0.25, 0.3) is 65.5 Å². The quantitative estimate of drug-likeness (QED) is 0.131. The maximum atomic E-state index is 4.34. The van der Waals surface area contributed by atoms with Gasteiger partial charge >= 0.3 is 0 Å². The highest BCUT2D eigenvalue weighted by molar-refractivity contribution is 6.26. The van der Waals surface area contributed by atoms with Crippen LogP contribution in [0.1, 0.15) is 99.7 Å². The fourth-order valence-corrected chi connectivity index (χ4v) is 12.6. The van der Waals surface area contributed by atoms with Gasteiger partial charge in [-0.05, 0) is 146 Å². The van der Waals surface area contributed by atoms with Gasteiger partial charge in [-0.3, -0.25) is 0 Å². The number of benzene rings is 8. The number of H-pyrrole nitrogens is 1. The molecule has 4 nitrogen and oxygen atoms in total. The van der Waals surface area contributed by atoms with E-state index >= 15 is 0 Å². The number of aromatic amines is 1. The van der Waals surface area contributed by atoms with Crippen LogP contribution in [0.15, 0.2) is 206 Å². The van der Waals surface area contributed by atoms with E-state index in [4.69, 9.17) is 0 Å². The van der Waals surface area contributed by atoms with Gasteiger partial charge in [0.2, 0.25) is 0 Å². The number of aromatic nitrogens is 2. The number of nitrogens with one attached hydrogen (secondary N) is 1. The summed E-state index contributed by atoms with van der Waals surface area (Å²) >= 11 is 0. The van der Waals surface area contributed by atoms with Crippen LogP contribution in [0.3, 0.4) is 0 Å². The summed E-state index contributed by atoms with van der Waals surface area (Å²) < 4.78 is 2.53. The predicted molar refractivity (Wildman–Crippen MR) is 304 cm³/mol. The van der Waals surface area contributed by atoms with E-state index in [1.165, 1.54) is 141 Å². The highest BCUT2D eigenvalue weighted by Crippen LogP contribution is 2.45. The molecule has 4 heteroatoms. The van der Waals surface area contributed by atoms with Gasteiger partial charge in [-0.25, -0.2) is 0 Å². The van der Waals surface area contributed by atoms with Crippen molar-refractivity contribution in [3.8, 4) is 0 Å². The highest BCUT2D eigenvalue weighted by atomic mass is 15.1. The Kier molecular flexibility index (Phi) is 11.1. The van der Waals surface area contributed by atoms with E-state index in [0.717, 1.165) is 39.5 Å². The minimum absolute atomic E-state index is 0.668. The Morgan fingerprint density at radius 2 is 1.04 bits per heavy atom. The molecule has 0 spiro atoms. The van der Waals surface area contributed by atoms with Gasteiger partial charge in [-0.2, -0.15) is 0 Å². The number of hydrogen-bond acceptors (Lipinski definition) is 2. The van der Waals surface area contributed by atoms with E-state index in [0.29, 0.717) is 11.8 Å². The number of nitrogens with zero attached hydrogens (tertiary/aromatic N) is 3. The third-order valence-corrected chi connectivity index (χ3v) is 16.2. The van der Waals surface area contributed by atoms with E-state index < -0.39 is 0 Å². The van der Waals surface area contributed by atoms with E-state index in [9.17, 15) is 0 Å². The molecule has 0 saturated heterocycles. The monoisotopic (exact) mass is 920 g/mol. The van der Waals surface area contributed by atoms with Gasteiger partial charge in [-0.15, -0.1) is 0 Å². The SMILES string of the molecule is C=C/C(=C\C=C(/C)c1cccc2c1[nH]c1cc3c4cccc5c6ccc(N(c7ccccc7)c7ccc(C8CCCCC8)cc7)cc6n(c3cc12)c54)N(c1ccccc1)c1ccc(C2CCCCC2)cc1. The van der Waals surface area contributed by atoms with Crippen molar-refractivity contribution >= 4 is 93.9 Å². The van der Waals surface area contributed by atoms with Crippen molar-refractivity contribution in [2.75, 3.05) is 9.80 Å². The molecule has 348 valence electrons. The Morgan fingerprint density at radius 3 is 1.70 bits per heavy atom. The van der Waals surface area contributed by atoms with Gasteiger partial charge in [0.25, 0.3) is 0 Å². The molecule has 0 radical (unpaired) electrons. The summed E-state index contributed by atoms with van der Waals surface area (Å²) in [7, 11) is 0. The fourth-order valence-electron chi connectivity index (χ4n) is 12.6. The van der Waals surface area contributed by atoms with E-state index in [2.05, 4.69) is 221 Å². The molecule has 71 heavy (non-hydrogen) atoms. The normalized spacial score (nSPS) is 15.5. The lowest BCUT2D eigenvalue weighted by Gasteiger charge is -2.27. The van der Waals surface area contributed by atoms with Crippen molar-refractivity contribution in [3.05, 3.63) is 223 Å². The second-order valence-corrected chi connectivity index (χ2v) is 20.3. The molecule has 13 rings (SSSR count). The van der Waals surface area contributed by atoms with E-state index in [1.54, 1.807) is 0 Å². The lowest BCUT2D eigenvalue weighted by molar-refractivity contribution is 0.443. The zero-order valence-electron chi connectivity index (χ0n) is 40.7. The number of para-hydroxylation sites is 4. The van der Waals surface area contributed by atoms with Crippen molar-refractivity contribution in [1.82, 2.24) is 9.38 Å². The minimum atomic E-state index is 0.668. The van der Waals surface area contributed by atoms with Crippen LogP contribution in [-0.4, -0.2) is 9.38 Å². The number of hydrogen-bond donors (Lipinski definition) is 1. The molecule has 2 fully saturated rings. The molecule has 0 amide bonds. The molecule has 1 N–H and O–H groups in total. The van der Waals surface area contributed by atoms with Crippen molar-refractivity contribution in [1.29, 1.82) is 0 Å². The number of fused-ring (bicyclic) bond motifs is 9. The standard InChI is InChI=1S/C67H60N4/c1-3-50(69(51-22-12-6-13-23-51)53-36-31-48(32-37-53)46-18-8-4-9-19-46)35-30-45(2)56-26-16-27-58-61-44-65-62(43-63(61)68-66(56)58)60-29-17-28-59-57-41-40-55(42-64(57)71(65)67(59)60)70(52-24-14-7-15-25-52)54-38-33-49(34-39-54)47-20-10-5-11-21-47/h3,6-7,12-17,22-44,46-47,68H,1,4-5,8-11,18-21H2,2H3/b45-30+,50-35+. The van der Waals surface area contributed by atoms with Crippen LogP contribution in [0.2, 0.25) is 0 Å². The first-order valence-corrected chi connectivity index (χ1v) is 26.2. The van der Waals surface area contributed by atoms with Crippen LogP contribution in [0, 0.1) is 0 Å². The highest BCUT2D eigenvalue weighted by Gasteiger charge is 2.23. The topological polar surface area (TPSA) is 26.7 Å². The summed E-state index contributed by atoms with van der Waals surface area (Å²) in [5, 5.41) is 7.54. The van der Waals surface area contributed by atoms with Crippen LogP contribution in [-0.2, 0) is 0 Å². The average molecular weight is 921 g/mol. The molecule has 3 aromatic heterocycles. The maximum absolute atomic E-state index is 4.34. The van der Waals surface area contributed by atoms with Gasteiger partial charge in [0.05, 0.1) is 22.1 Å². The molecule has 0 atom stereocenters. The second kappa shape index (κ2) is 18.2. The summed E-state index contributed by atoms with van der Waals surface area (Å²) in [4.78, 5) is 8.68. The van der Waals surface area contributed by atoms with Crippen molar-refractivity contribution in [2.24, 2.45) is 0 Å². The number of anilines is 5. The van der Waals surface area contributed by atoms with Crippen molar-refractivity contribution in [3.63, 3.8) is 0 Å². The van der Waals surface area contributed by atoms with Crippen molar-refractivity contribution in [2.45, 2.75) is 83.0 Å². The predicted octanol–water partition coefficient (Wildman–Crippen LogP) is 19.3. The zero-order valence-corrected chi connectivity index (χ0v) is 40.7. The number of allylic oxidation sites excluding steroid dienone is 4. The molecule has 8 aromatic carbocycles. The Hall–Kier alpha value is -7.82.